The highest BCUT2D eigenvalue weighted by Gasteiger charge is 2.26. The number of carbonyl (C=O) groups excluding carboxylic acids is 1. The topological polar surface area (TPSA) is 64.8 Å². The second kappa shape index (κ2) is 7.76. The number of carbonyl (C=O) groups is 1. The average molecular weight is 378 g/mol. The van der Waals surface area contributed by atoms with Crippen LogP contribution >= 0.6 is 0 Å². The number of amides is 1. The molecule has 0 fully saturated rings. The highest BCUT2D eigenvalue weighted by molar-refractivity contribution is 5.92. The molecule has 1 amide bonds. The summed E-state index contributed by atoms with van der Waals surface area (Å²) in [5.74, 6) is 1.74. The largest absolute Gasteiger partial charge is 0.497 e. The molecule has 0 saturated carbocycles. The quantitative estimate of drug-likeness (QED) is 0.601. The Morgan fingerprint density at radius 3 is 2.79 bits per heavy atom. The SMILES string of the molecule is CC[C@@H]1C=CCN1C(=O)c1coc(COc2ccc3ccc(OC)cc3c2)n1. The molecular weight excluding hydrogens is 356 g/mol. The number of oxazole rings is 1. The summed E-state index contributed by atoms with van der Waals surface area (Å²) in [6, 6.07) is 11.8. The van der Waals surface area contributed by atoms with Crippen LogP contribution in [0.15, 0.2) is 59.2 Å². The lowest BCUT2D eigenvalue weighted by Crippen LogP contribution is -2.35. The van der Waals surface area contributed by atoms with Crippen LogP contribution in [0.2, 0.25) is 0 Å². The highest BCUT2D eigenvalue weighted by Crippen LogP contribution is 2.25. The Labute approximate surface area is 163 Å². The van der Waals surface area contributed by atoms with Crippen LogP contribution in [0.5, 0.6) is 11.5 Å². The Morgan fingerprint density at radius 2 is 2.00 bits per heavy atom. The molecule has 2 heterocycles. The second-order valence-corrected chi connectivity index (χ2v) is 6.65. The minimum absolute atomic E-state index is 0.121. The van der Waals surface area contributed by atoms with E-state index in [-0.39, 0.29) is 18.6 Å². The van der Waals surface area contributed by atoms with E-state index in [2.05, 4.69) is 18.0 Å². The average Bonchev–Trinajstić information content (AvgIpc) is 3.40. The molecule has 4 rings (SSSR count). The third-order valence-electron chi connectivity index (χ3n) is 4.89. The van der Waals surface area contributed by atoms with Gasteiger partial charge in [0.1, 0.15) is 17.8 Å². The number of nitrogens with zero attached hydrogens (tertiary/aromatic N) is 2. The summed E-state index contributed by atoms with van der Waals surface area (Å²) in [7, 11) is 1.64. The molecule has 0 radical (unpaired) electrons. The first kappa shape index (κ1) is 18.1. The van der Waals surface area contributed by atoms with E-state index >= 15 is 0 Å². The monoisotopic (exact) mass is 378 g/mol. The van der Waals surface area contributed by atoms with Crippen LogP contribution in [0, 0.1) is 0 Å². The van der Waals surface area contributed by atoms with Crippen LogP contribution in [-0.4, -0.2) is 35.5 Å². The maximum atomic E-state index is 12.6. The molecule has 28 heavy (non-hydrogen) atoms. The molecule has 2 aromatic carbocycles. The molecule has 6 nitrogen and oxygen atoms in total. The van der Waals surface area contributed by atoms with E-state index in [1.807, 2.05) is 42.5 Å². The first-order valence-corrected chi connectivity index (χ1v) is 9.30. The van der Waals surface area contributed by atoms with E-state index in [4.69, 9.17) is 13.9 Å². The van der Waals surface area contributed by atoms with Crippen molar-refractivity contribution in [3.05, 3.63) is 66.4 Å². The lowest BCUT2D eigenvalue weighted by Gasteiger charge is -2.22. The summed E-state index contributed by atoms with van der Waals surface area (Å²) in [6.45, 7) is 2.82. The highest BCUT2D eigenvalue weighted by atomic mass is 16.5. The van der Waals surface area contributed by atoms with Gasteiger partial charge in [-0.05, 0) is 41.5 Å². The summed E-state index contributed by atoms with van der Waals surface area (Å²) in [5.41, 5.74) is 0.309. The minimum Gasteiger partial charge on any atom is -0.497 e. The van der Waals surface area contributed by atoms with Gasteiger partial charge in [-0.3, -0.25) is 4.79 Å². The molecule has 6 heteroatoms. The first-order valence-electron chi connectivity index (χ1n) is 9.30. The zero-order chi connectivity index (χ0) is 19.5. The van der Waals surface area contributed by atoms with Crippen LogP contribution < -0.4 is 9.47 Å². The number of ether oxygens (including phenoxy) is 2. The van der Waals surface area contributed by atoms with Crippen molar-refractivity contribution in [2.45, 2.75) is 26.0 Å². The Hall–Kier alpha value is -3.28. The van der Waals surface area contributed by atoms with Gasteiger partial charge in [0.15, 0.2) is 12.3 Å². The van der Waals surface area contributed by atoms with E-state index in [9.17, 15) is 4.79 Å². The lowest BCUT2D eigenvalue weighted by molar-refractivity contribution is 0.0741. The molecular formula is C22H22N2O4. The van der Waals surface area contributed by atoms with E-state index < -0.39 is 0 Å². The van der Waals surface area contributed by atoms with Gasteiger partial charge in [0.05, 0.1) is 13.2 Å². The zero-order valence-electron chi connectivity index (χ0n) is 15.9. The number of aromatic nitrogens is 1. The van der Waals surface area contributed by atoms with E-state index in [1.165, 1.54) is 6.26 Å². The molecule has 144 valence electrons. The maximum Gasteiger partial charge on any atom is 0.276 e. The fourth-order valence-corrected chi connectivity index (χ4v) is 3.35. The van der Waals surface area contributed by atoms with Gasteiger partial charge in [0.25, 0.3) is 5.91 Å². The smallest absolute Gasteiger partial charge is 0.276 e. The molecule has 0 N–H and O–H groups in total. The van der Waals surface area contributed by atoms with E-state index in [0.717, 1.165) is 22.9 Å². The summed E-state index contributed by atoms with van der Waals surface area (Å²) >= 11 is 0. The van der Waals surface area contributed by atoms with E-state index in [0.29, 0.717) is 23.9 Å². The van der Waals surface area contributed by atoms with Gasteiger partial charge >= 0.3 is 0 Å². The van der Waals surface area contributed by atoms with Gasteiger partial charge in [-0.1, -0.05) is 31.2 Å². The lowest BCUT2D eigenvalue weighted by atomic mass is 10.1. The predicted octanol–water partition coefficient (Wildman–Crippen LogP) is 4.21. The molecule has 1 aliphatic heterocycles. The Kier molecular flexibility index (Phi) is 5.02. The zero-order valence-corrected chi connectivity index (χ0v) is 15.9. The van der Waals surface area contributed by atoms with Gasteiger partial charge in [0, 0.05) is 6.54 Å². The number of rotatable bonds is 6. The van der Waals surface area contributed by atoms with Crippen molar-refractivity contribution in [2.75, 3.05) is 13.7 Å². The number of methoxy groups -OCH3 is 1. The third-order valence-corrected chi connectivity index (χ3v) is 4.89. The molecule has 0 saturated heterocycles. The summed E-state index contributed by atoms with van der Waals surface area (Å²) in [5, 5.41) is 2.12. The second-order valence-electron chi connectivity index (χ2n) is 6.65. The van der Waals surface area contributed by atoms with Crippen molar-refractivity contribution in [1.82, 2.24) is 9.88 Å². The van der Waals surface area contributed by atoms with Crippen LogP contribution in [0.3, 0.4) is 0 Å². The minimum atomic E-state index is -0.121. The van der Waals surface area contributed by atoms with Gasteiger partial charge in [-0.25, -0.2) is 4.98 Å². The third kappa shape index (κ3) is 3.58. The van der Waals surface area contributed by atoms with Crippen LogP contribution in [0.1, 0.15) is 29.7 Å². The van der Waals surface area contributed by atoms with Gasteiger partial charge in [0.2, 0.25) is 5.89 Å². The number of benzene rings is 2. The predicted molar refractivity (Wildman–Crippen MR) is 106 cm³/mol. The maximum absolute atomic E-state index is 12.6. The first-order chi connectivity index (χ1) is 13.7. The molecule has 1 aromatic heterocycles. The van der Waals surface area contributed by atoms with Crippen molar-refractivity contribution in [1.29, 1.82) is 0 Å². The number of fused-ring (bicyclic) bond motifs is 1. The molecule has 0 aliphatic carbocycles. The molecule has 0 bridgehead atoms. The molecule has 1 aliphatic rings. The van der Waals surface area contributed by atoms with Gasteiger partial charge in [-0.2, -0.15) is 0 Å². The standard InChI is InChI=1S/C22H22N2O4/c1-3-17-5-4-10-24(17)22(25)20-13-28-21(23-20)14-27-19-9-7-15-6-8-18(26-2)11-16(15)12-19/h4-9,11-13,17H,3,10,14H2,1-2H3/t17-/m1/s1. The van der Waals surface area contributed by atoms with E-state index in [1.54, 1.807) is 12.0 Å². The van der Waals surface area contributed by atoms with Crippen molar-refractivity contribution in [3.8, 4) is 11.5 Å². The summed E-state index contributed by atoms with van der Waals surface area (Å²) < 4.78 is 16.5. The summed E-state index contributed by atoms with van der Waals surface area (Å²) in [6.07, 6.45) is 6.34. The Morgan fingerprint density at radius 1 is 1.21 bits per heavy atom. The van der Waals surface area contributed by atoms with Crippen molar-refractivity contribution < 1.29 is 18.7 Å². The van der Waals surface area contributed by atoms with Gasteiger partial charge < -0.3 is 18.8 Å². The van der Waals surface area contributed by atoms with Crippen molar-refractivity contribution in [3.63, 3.8) is 0 Å². The molecule has 0 unspecified atom stereocenters. The number of hydrogen-bond donors (Lipinski definition) is 0. The number of hydrogen-bond acceptors (Lipinski definition) is 5. The fourth-order valence-electron chi connectivity index (χ4n) is 3.35. The molecule has 0 spiro atoms. The molecule has 1 atom stereocenters. The van der Waals surface area contributed by atoms with Crippen LogP contribution in [-0.2, 0) is 6.61 Å². The Bertz CT molecular complexity index is 1020. The summed E-state index contributed by atoms with van der Waals surface area (Å²) in [4.78, 5) is 18.7. The van der Waals surface area contributed by atoms with Crippen LogP contribution in [0.4, 0.5) is 0 Å². The van der Waals surface area contributed by atoms with Crippen LogP contribution in [0.25, 0.3) is 10.8 Å². The normalized spacial score (nSPS) is 15.9. The fraction of sp³-hybridized carbons (Fsp3) is 0.273. The van der Waals surface area contributed by atoms with Crippen molar-refractivity contribution >= 4 is 16.7 Å². The van der Waals surface area contributed by atoms with Gasteiger partial charge in [-0.15, -0.1) is 0 Å². The molecule has 3 aromatic rings. The Balaban J connectivity index is 1.43. The van der Waals surface area contributed by atoms with Crippen molar-refractivity contribution in [2.24, 2.45) is 0 Å².